The van der Waals surface area contributed by atoms with Crippen LogP contribution in [0.2, 0.25) is 0 Å². The SMILES string of the molecule is [2H]c1c([2H])c([2H])c(-c2cnc(-n3c4[c-]c(Oc5[c-]c(N6[CH-]N(c7cc(C(C)(C)C)cc(C(C)(C)C)c7)c7ccccc76)ccc5)ccc4c4ccccc43)cc2C(C)(C)c2ccccc2)c([2H])c1[2H].[Pt]. The molecule has 10 rings (SSSR count). The van der Waals surface area contributed by atoms with Crippen LogP contribution in [-0.4, -0.2) is 9.55 Å². The first kappa shape index (κ1) is 37.9. The molecule has 1 aliphatic heterocycles. The van der Waals surface area contributed by atoms with Crippen LogP contribution in [0.4, 0.5) is 22.7 Å². The number of anilines is 4. The van der Waals surface area contributed by atoms with Gasteiger partial charge in [0.2, 0.25) is 0 Å². The number of benzene rings is 7. The predicted octanol–water partition coefficient (Wildman–Crippen LogP) is 15.6. The fourth-order valence-electron chi connectivity index (χ4n) is 8.73. The second-order valence-corrected chi connectivity index (χ2v) is 19.1. The summed E-state index contributed by atoms with van der Waals surface area (Å²) in [4.78, 5) is 9.44. The molecule has 7 aromatic carbocycles. The van der Waals surface area contributed by atoms with Crippen LogP contribution in [0.5, 0.6) is 11.5 Å². The van der Waals surface area contributed by atoms with E-state index in [1.54, 1.807) is 6.20 Å². The Hall–Kier alpha value is -6.42. The van der Waals surface area contributed by atoms with E-state index in [9.17, 15) is 0 Å². The maximum atomic E-state index is 8.96. The van der Waals surface area contributed by atoms with Crippen LogP contribution in [0, 0.1) is 18.8 Å². The number of rotatable bonds is 8. The van der Waals surface area contributed by atoms with Crippen molar-refractivity contribution in [2.24, 2.45) is 0 Å². The van der Waals surface area contributed by atoms with E-state index in [-0.39, 0.29) is 49.5 Å². The summed E-state index contributed by atoms with van der Waals surface area (Å²) >= 11 is 0. The van der Waals surface area contributed by atoms with Gasteiger partial charge in [0, 0.05) is 72.3 Å². The molecule has 9 aromatic rings. The van der Waals surface area contributed by atoms with Gasteiger partial charge in [0.15, 0.2) is 0 Å². The number of para-hydroxylation sites is 3. The first-order chi connectivity index (χ1) is 32.8. The van der Waals surface area contributed by atoms with Crippen molar-refractivity contribution in [3.8, 4) is 28.4 Å². The third-order valence-electron chi connectivity index (χ3n) is 12.4. The molecular formula is C59H53N4OPt-3. The van der Waals surface area contributed by atoms with Crippen LogP contribution in [0.25, 0.3) is 38.8 Å². The third-order valence-corrected chi connectivity index (χ3v) is 12.4. The van der Waals surface area contributed by atoms with Crippen LogP contribution in [0.1, 0.15) is 84.5 Å². The summed E-state index contributed by atoms with van der Waals surface area (Å²) in [7, 11) is 0. The van der Waals surface area contributed by atoms with Gasteiger partial charge in [-0.15, -0.1) is 48.1 Å². The van der Waals surface area contributed by atoms with E-state index in [1.165, 1.54) is 11.1 Å². The molecule has 3 heterocycles. The number of aromatic nitrogens is 2. The Bertz CT molecular complexity index is 3420. The zero-order valence-electron chi connectivity index (χ0n) is 42.9. The summed E-state index contributed by atoms with van der Waals surface area (Å²) in [5.41, 5.74) is 9.75. The molecule has 0 bridgehead atoms. The minimum Gasteiger partial charge on any atom is -0.509 e. The van der Waals surface area contributed by atoms with Gasteiger partial charge in [0.25, 0.3) is 0 Å². The number of nitrogens with zero attached hydrogens (tertiary/aromatic N) is 4. The van der Waals surface area contributed by atoms with Gasteiger partial charge < -0.3 is 19.1 Å². The summed E-state index contributed by atoms with van der Waals surface area (Å²) in [6, 6.07) is 50.7. The largest absolute Gasteiger partial charge is 0.509 e. The van der Waals surface area contributed by atoms with Crippen molar-refractivity contribution in [3.05, 3.63) is 211 Å². The maximum absolute atomic E-state index is 8.96. The minimum absolute atomic E-state index is 0. The van der Waals surface area contributed by atoms with E-state index < -0.39 is 23.5 Å². The maximum Gasteiger partial charge on any atom is 0.135 e. The molecule has 0 amide bonds. The van der Waals surface area contributed by atoms with E-state index in [4.69, 9.17) is 16.6 Å². The molecule has 0 N–H and O–H groups in total. The van der Waals surface area contributed by atoms with Gasteiger partial charge in [-0.2, -0.15) is 12.1 Å². The van der Waals surface area contributed by atoms with Crippen molar-refractivity contribution in [1.82, 2.24) is 9.55 Å². The summed E-state index contributed by atoms with van der Waals surface area (Å²) in [6.45, 7) is 19.9. The van der Waals surface area contributed by atoms with Gasteiger partial charge in [-0.25, -0.2) is 4.98 Å². The van der Waals surface area contributed by atoms with E-state index in [0.717, 1.165) is 55.7 Å². The molecule has 5 nitrogen and oxygen atoms in total. The Morgan fingerprint density at radius 3 is 1.95 bits per heavy atom. The number of pyridine rings is 1. The first-order valence-corrected chi connectivity index (χ1v) is 21.8. The Labute approximate surface area is 405 Å². The smallest absolute Gasteiger partial charge is 0.135 e. The van der Waals surface area contributed by atoms with Crippen molar-refractivity contribution < 1.29 is 32.7 Å². The van der Waals surface area contributed by atoms with Crippen molar-refractivity contribution in [2.75, 3.05) is 9.80 Å². The molecule has 6 heteroatoms. The molecule has 0 saturated heterocycles. The average molecular weight is 1030 g/mol. The number of hydrogen-bond acceptors (Lipinski definition) is 4. The molecule has 0 spiro atoms. The quantitative estimate of drug-likeness (QED) is 0.142. The van der Waals surface area contributed by atoms with Crippen molar-refractivity contribution >= 4 is 44.6 Å². The van der Waals surface area contributed by atoms with Crippen LogP contribution in [0.15, 0.2) is 170 Å². The second kappa shape index (κ2) is 16.9. The van der Waals surface area contributed by atoms with Gasteiger partial charge in [-0.05, 0) is 80.4 Å². The summed E-state index contributed by atoms with van der Waals surface area (Å²) in [5.74, 6) is 1.59. The topological polar surface area (TPSA) is 33.5 Å². The predicted molar refractivity (Wildman–Crippen MR) is 266 cm³/mol. The normalized spacial score (nSPS) is 14.1. The fourth-order valence-corrected chi connectivity index (χ4v) is 8.73. The van der Waals surface area contributed by atoms with Crippen molar-refractivity contribution in [3.63, 3.8) is 0 Å². The van der Waals surface area contributed by atoms with Crippen LogP contribution in [0.3, 0.4) is 0 Å². The molecule has 0 saturated carbocycles. The monoisotopic (exact) mass is 1030 g/mol. The Balaban J connectivity index is 0.00000608. The number of hydrogen-bond donors (Lipinski definition) is 0. The fraction of sp³-hybridized carbons (Fsp3) is 0.186. The zero-order valence-corrected chi connectivity index (χ0v) is 40.1. The third kappa shape index (κ3) is 8.17. The summed E-state index contributed by atoms with van der Waals surface area (Å²) < 4.78 is 52.0. The molecule has 1 aliphatic rings. The summed E-state index contributed by atoms with van der Waals surface area (Å²) in [6.07, 6.45) is 1.64. The Kier molecular flexibility index (Phi) is 9.83. The molecule has 0 fully saturated rings. The van der Waals surface area contributed by atoms with Crippen LogP contribution in [-0.2, 0) is 37.3 Å². The van der Waals surface area contributed by atoms with Crippen molar-refractivity contribution in [1.29, 1.82) is 0 Å². The van der Waals surface area contributed by atoms with E-state index in [1.807, 2.05) is 84.9 Å². The second-order valence-electron chi connectivity index (χ2n) is 19.1. The average Bonchev–Trinajstić information content (AvgIpc) is 3.89. The molecule has 0 unspecified atom stereocenters. The Morgan fingerprint density at radius 2 is 1.25 bits per heavy atom. The van der Waals surface area contributed by atoms with Gasteiger partial charge in [0.1, 0.15) is 5.82 Å². The molecular weight excluding hydrogens is 976 g/mol. The molecule has 0 atom stereocenters. The van der Waals surface area contributed by atoms with Gasteiger partial charge in [-0.3, -0.25) is 0 Å². The van der Waals surface area contributed by atoms with E-state index in [2.05, 4.69) is 137 Å². The van der Waals surface area contributed by atoms with Crippen LogP contribution >= 0.6 is 0 Å². The number of ether oxygens (including phenoxy) is 1. The van der Waals surface area contributed by atoms with Gasteiger partial charge in [0.05, 0.1) is 6.85 Å². The zero-order chi connectivity index (χ0) is 48.7. The van der Waals surface area contributed by atoms with Crippen LogP contribution < -0.4 is 14.5 Å². The van der Waals surface area contributed by atoms with Gasteiger partial charge >= 0.3 is 0 Å². The summed E-state index contributed by atoms with van der Waals surface area (Å²) in [5, 5.41) is 1.95. The molecule has 0 aliphatic carbocycles. The number of fused-ring (bicyclic) bond motifs is 4. The molecule has 0 radical (unpaired) electrons. The van der Waals surface area contributed by atoms with Gasteiger partial charge in [-0.1, -0.05) is 158 Å². The van der Waals surface area contributed by atoms with E-state index in [0.29, 0.717) is 22.9 Å². The first-order valence-electron chi connectivity index (χ1n) is 24.3. The standard InChI is InChI=1S/C59H53N4O.Pt/c1-57(2,3)42-32-43(58(4,5)6)34-45(33-42)62-39-61(53-28-17-18-29-54(53)62)44-24-19-25-46(35-44)64-47-30-31-49-48-26-15-16-27-52(48)63(55(49)36-47)56-37-51(59(7,8)41-22-13-10-14-23-41)50(38-60-56)40-20-11-9-12-21-40;/h9-34,37-39H,1-8H3;/q-3;/i9D,11D,12D,20D,21D;. The van der Waals surface area contributed by atoms with E-state index >= 15 is 0 Å². The molecule has 65 heavy (non-hydrogen) atoms. The Morgan fingerprint density at radius 1 is 0.600 bits per heavy atom. The molecule has 2 aromatic heterocycles. The minimum atomic E-state index is -0.690. The molecule has 328 valence electrons. The van der Waals surface area contributed by atoms with Crippen molar-refractivity contribution in [2.45, 2.75) is 71.6 Å².